The van der Waals surface area contributed by atoms with E-state index in [1.165, 1.54) is 12.1 Å². The van der Waals surface area contributed by atoms with E-state index in [9.17, 15) is 14.3 Å². The van der Waals surface area contributed by atoms with Crippen LogP contribution >= 0.6 is 0 Å². The van der Waals surface area contributed by atoms with Crippen molar-refractivity contribution in [1.82, 2.24) is 15.1 Å². The van der Waals surface area contributed by atoms with Crippen LogP contribution in [0.3, 0.4) is 0 Å². The van der Waals surface area contributed by atoms with Gasteiger partial charge in [-0.1, -0.05) is 6.92 Å². The number of hydrogen-bond acceptors (Lipinski definition) is 5. The molecule has 1 heterocycles. The van der Waals surface area contributed by atoms with Gasteiger partial charge in [0.25, 0.3) is 5.91 Å². The fourth-order valence-corrected chi connectivity index (χ4v) is 3.71. The van der Waals surface area contributed by atoms with Gasteiger partial charge in [0.1, 0.15) is 11.4 Å². The lowest BCUT2D eigenvalue weighted by Gasteiger charge is -2.36. The summed E-state index contributed by atoms with van der Waals surface area (Å²) in [5.41, 5.74) is 6.44. The third-order valence-corrected chi connectivity index (χ3v) is 5.09. The molecule has 7 nitrogen and oxygen atoms in total. The Labute approximate surface area is 157 Å². The molecule has 1 amide bonds. The number of rotatable bonds is 7. The summed E-state index contributed by atoms with van der Waals surface area (Å²) in [7, 11) is 0. The van der Waals surface area contributed by atoms with Gasteiger partial charge in [0, 0.05) is 24.5 Å². The van der Waals surface area contributed by atoms with Crippen LogP contribution in [0.5, 0.6) is 0 Å². The summed E-state index contributed by atoms with van der Waals surface area (Å²) in [6.45, 7) is 3.03. The van der Waals surface area contributed by atoms with Gasteiger partial charge in [0.05, 0.1) is 6.04 Å². The number of anilines is 2. The maximum Gasteiger partial charge on any atom is 0.254 e. The molecule has 1 aliphatic carbocycles. The predicted molar refractivity (Wildman–Crippen MR) is 101 cm³/mol. The number of aliphatic hydroxyl groups excluding tert-OH is 1. The Hall–Kier alpha value is -2.45. The van der Waals surface area contributed by atoms with Gasteiger partial charge >= 0.3 is 0 Å². The molecule has 1 saturated carbocycles. The molecule has 0 spiro atoms. The highest BCUT2D eigenvalue weighted by Crippen LogP contribution is 2.33. The van der Waals surface area contributed by atoms with Crippen molar-refractivity contribution in [1.29, 1.82) is 0 Å². The molecule has 27 heavy (non-hydrogen) atoms. The smallest absolute Gasteiger partial charge is 0.254 e. The van der Waals surface area contributed by atoms with Gasteiger partial charge < -0.3 is 21.5 Å². The van der Waals surface area contributed by atoms with Crippen molar-refractivity contribution in [3.63, 3.8) is 0 Å². The molecular weight excluding hydrogens is 349 g/mol. The lowest BCUT2D eigenvalue weighted by Crippen LogP contribution is -2.43. The lowest BCUT2D eigenvalue weighted by atomic mass is 9.82. The van der Waals surface area contributed by atoms with Crippen molar-refractivity contribution >= 4 is 17.4 Å². The van der Waals surface area contributed by atoms with E-state index in [0.29, 0.717) is 17.1 Å². The first-order valence-electron chi connectivity index (χ1n) is 9.27. The summed E-state index contributed by atoms with van der Waals surface area (Å²) < 4.78 is 14.9. The van der Waals surface area contributed by atoms with Crippen molar-refractivity contribution < 1.29 is 14.3 Å². The molecule has 1 aliphatic rings. The fourth-order valence-electron chi connectivity index (χ4n) is 3.71. The van der Waals surface area contributed by atoms with Gasteiger partial charge in [-0.25, -0.2) is 4.39 Å². The largest absolute Gasteiger partial charge is 0.396 e. The SMILES string of the molecule is CCNC1CC(CO)CCC1n1cc(C(N)=O)c(Nc2ccc(F)cc2)n1. The van der Waals surface area contributed by atoms with Crippen molar-refractivity contribution in [2.45, 2.75) is 38.3 Å². The van der Waals surface area contributed by atoms with E-state index in [2.05, 4.69) is 15.7 Å². The van der Waals surface area contributed by atoms with E-state index in [-0.39, 0.29) is 30.4 Å². The van der Waals surface area contributed by atoms with Gasteiger partial charge in [-0.2, -0.15) is 5.10 Å². The molecule has 0 aliphatic heterocycles. The summed E-state index contributed by atoms with van der Waals surface area (Å²) in [6.07, 6.45) is 4.26. The van der Waals surface area contributed by atoms with Crippen LogP contribution in [-0.2, 0) is 0 Å². The number of nitrogens with zero attached hydrogens (tertiary/aromatic N) is 2. The topological polar surface area (TPSA) is 105 Å². The molecule has 2 aromatic rings. The average Bonchev–Trinajstić information content (AvgIpc) is 3.07. The average molecular weight is 375 g/mol. The second-order valence-electron chi connectivity index (χ2n) is 6.96. The van der Waals surface area contributed by atoms with Gasteiger partial charge in [0.15, 0.2) is 5.82 Å². The minimum absolute atomic E-state index is 0.0645. The first-order chi connectivity index (χ1) is 13.0. The van der Waals surface area contributed by atoms with Crippen molar-refractivity contribution in [3.05, 3.63) is 41.8 Å². The van der Waals surface area contributed by atoms with E-state index >= 15 is 0 Å². The Bertz CT molecular complexity index is 777. The fraction of sp³-hybridized carbons (Fsp3) is 0.474. The second kappa shape index (κ2) is 8.49. The van der Waals surface area contributed by atoms with Crippen LogP contribution < -0.4 is 16.4 Å². The van der Waals surface area contributed by atoms with E-state index in [1.54, 1.807) is 23.0 Å². The van der Waals surface area contributed by atoms with E-state index in [4.69, 9.17) is 5.73 Å². The molecule has 1 fully saturated rings. The number of likely N-dealkylation sites (N-methyl/N-ethyl adjacent to an activating group) is 1. The normalized spacial score (nSPS) is 22.6. The second-order valence-corrected chi connectivity index (χ2v) is 6.96. The quantitative estimate of drug-likeness (QED) is 0.594. The van der Waals surface area contributed by atoms with Crippen LogP contribution in [-0.4, -0.2) is 40.0 Å². The summed E-state index contributed by atoms with van der Waals surface area (Å²) in [4.78, 5) is 11.9. The monoisotopic (exact) mass is 375 g/mol. The maximum absolute atomic E-state index is 13.1. The van der Waals surface area contributed by atoms with Crippen LogP contribution in [0.15, 0.2) is 30.5 Å². The summed E-state index contributed by atoms with van der Waals surface area (Å²) >= 11 is 0. The Kier molecular flexibility index (Phi) is 6.08. The molecule has 8 heteroatoms. The Morgan fingerprint density at radius 2 is 2.11 bits per heavy atom. The minimum atomic E-state index is -0.574. The van der Waals surface area contributed by atoms with Crippen LogP contribution in [0.4, 0.5) is 15.9 Å². The number of primary amides is 1. The zero-order chi connectivity index (χ0) is 19.4. The molecule has 3 atom stereocenters. The van der Waals surface area contributed by atoms with Crippen LogP contribution in [0.1, 0.15) is 42.6 Å². The summed E-state index contributed by atoms with van der Waals surface area (Å²) in [5.74, 6) is -0.285. The number of amides is 1. The molecule has 1 aromatic carbocycles. The molecule has 0 radical (unpaired) electrons. The third kappa shape index (κ3) is 4.45. The van der Waals surface area contributed by atoms with Gasteiger partial charge in [-0.3, -0.25) is 9.48 Å². The zero-order valence-electron chi connectivity index (χ0n) is 15.4. The Balaban J connectivity index is 1.87. The summed E-state index contributed by atoms with van der Waals surface area (Å²) in [6, 6.07) is 6.04. The minimum Gasteiger partial charge on any atom is -0.396 e. The van der Waals surface area contributed by atoms with Crippen LogP contribution in [0, 0.1) is 11.7 Å². The first kappa shape index (κ1) is 19.3. The number of nitrogens with one attached hydrogen (secondary N) is 2. The number of carbonyl (C=O) groups is 1. The zero-order valence-corrected chi connectivity index (χ0v) is 15.4. The van der Waals surface area contributed by atoms with Crippen LogP contribution in [0.2, 0.25) is 0 Å². The maximum atomic E-state index is 13.1. The van der Waals surface area contributed by atoms with Gasteiger partial charge in [0.2, 0.25) is 0 Å². The predicted octanol–water partition coefficient (Wildman–Crippen LogP) is 2.18. The molecular formula is C19H26FN5O2. The third-order valence-electron chi connectivity index (χ3n) is 5.09. The molecule has 5 N–H and O–H groups in total. The number of hydrogen-bond donors (Lipinski definition) is 4. The number of aliphatic hydroxyl groups is 1. The number of aromatic nitrogens is 2. The van der Waals surface area contributed by atoms with E-state index in [0.717, 1.165) is 25.8 Å². The number of benzene rings is 1. The highest BCUT2D eigenvalue weighted by Gasteiger charge is 2.32. The lowest BCUT2D eigenvalue weighted by molar-refractivity contribution is 0.100. The number of nitrogens with two attached hydrogens (primary N) is 1. The molecule has 0 bridgehead atoms. The molecule has 3 unspecified atom stereocenters. The van der Waals surface area contributed by atoms with Crippen LogP contribution in [0.25, 0.3) is 0 Å². The highest BCUT2D eigenvalue weighted by molar-refractivity contribution is 5.98. The standard InChI is InChI=1S/C19H26FN5O2/c1-2-22-16-9-12(11-26)3-8-17(16)25-10-15(18(21)27)19(24-25)23-14-6-4-13(20)5-7-14/h4-7,10,12,16-17,22,26H,2-3,8-9,11H2,1H3,(H2,21,27)(H,23,24). The van der Waals surface area contributed by atoms with Gasteiger partial charge in [-0.05, 0) is 56.0 Å². The highest BCUT2D eigenvalue weighted by atomic mass is 19.1. The van der Waals surface area contributed by atoms with Crippen molar-refractivity contribution in [3.8, 4) is 0 Å². The van der Waals surface area contributed by atoms with Gasteiger partial charge in [-0.15, -0.1) is 0 Å². The molecule has 146 valence electrons. The Morgan fingerprint density at radius 1 is 1.37 bits per heavy atom. The first-order valence-corrected chi connectivity index (χ1v) is 9.27. The van der Waals surface area contributed by atoms with Crippen molar-refractivity contribution in [2.75, 3.05) is 18.5 Å². The molecule has 3 rings (SSSR count). The van der Waals surface area contributed by atoms with Crippen molar-refractivity contribution in [2.24, 2.45) is 11.7 Å². The summed E-state index contributed by atoms with van der Waals surface area (Å²) in [5, 5.41) is 20.6. The van der Waals surface area contributed by atoms with E-state index < -0.39 is 5.91 Å². The molecule has 1 aromatic heterocycles. The number of halogens is 1. The van der Waals surface area contributed by atoms with E-state index in [1.807, 2.05) is 6.92 Å². The number of carbonyl (C=O) groups excluding carboxylic acids is 1. The molecule has 0 saturated heterocycles. The Morgan fingerprint density at radius 3 is 2.74 bits per heavy atom.